The second-order valence-corrected chi connectivity index (χ2v) is 9.07. The molecule has 10 heteroatoms. The fourth-order valence-electron chi connectivity index (χ4n) is 2.93. The largest absolute Gasteiger partial charge is 0.463 e. The third-order valence-electron chi connectivity index (χ3n) is 4.41. The highest BCUT2D eigenvalue weighted by Gasteiger charge is 2.27. The molecule has 1 aliphatic heterocycles. The molecule has 2 heterocycles. The number of sulfonamides is 1. The van der Waals surface area contributed by atoms with Crippen LogP contribution in [0.5, 0.6) is 0 Å². The van der Waals surface area contributed by atoms with E-state index in [9.17, 15) is 13.2 Å². The first-order valence-corrected chi connectivity index (χ1v) is 11.0. The summed E-state index contributed by atoms with van der Waals surface area (Å²) >= 11 is 11.9. The molecule has 3 aromatic rings. The van der Waals surface area contributed by atoms with Crippen LogP contribution in [0.1, 0.15) is 17.7 Å². The van der Waals surface area contributed by atoms with Crippen molar-refractivity contribution in [3.8, 4) is 0 Å². The summed E-state index contributed by atoms with van der Waals surface area (Å²) in [5.74, 6) is 0.300. The van der Waals surface area contributed by atoms with E-state index in [0.29, 0.717) is 27.1 Å². The van der Waals surface area contributed by atoms with Gasteiger partial charge in [0.05, 0.1) is 29.8 Å². The third kappa shape index (κ3) is 4.35. The summed E-state index contributed by atoms with van der Waals surface area (Å²) in [6.45, 7) is 0.0681. The zero-order valence-corrected chi connectivity index (χ0v) is 17.7. The van der Waals surface area contributed by atoms with E-state index in [1.165, 1.54) is 41.6 Å². The first kappa shape index (κ1) is 20.5. The second-order valence-electron chi connectivity index (χ2n) is 6.51. The molecule has 1 aromatic heterocycles. The molecule has 4 rings (SSSR count). The van der Waals surface area contributed by atoms with Gasteiger partial charge in [0, 0.05) is 10.0 Å². The number of halogens is 2. The maximum atomic E-state index is 12.8. The van der Waals surface area contributed by atoms with E-state index < -0.39 is 10.0 Å². The number of furan rings is 1. The summed E-state index contributed by atoms with van der Waals surface area (Å²) in [4.78, 5) is 12.4. The highest BCUT2D eigenvalue weighted by molar-refractivity contribution is 7.92. The first-order valence-electron chi connectivity index (χ1n) is 8.80. The molecule has 1 N–H and O–H groups in total. The van der Waals surface area contributed by atoms with Gasteiger partial charge in [0.25, 0.3) is 10.0 Å². The molecule has 0 radical (unpaired) electrons. The van der Waals surface area contributed by atoms with Crippen molar-refractivity contribution in [1.29, 1.82) is 0 Å². The number of carbonyl (C=O) groups excluding carboxylic acids is 1. The summed E-state index contributed by atoms with van der Waals surface area (Å²) in [5.41, 5.74) is 1.31. The minimum Gasteiger partial charge on any atom is -0.463 e. The number of hydrogen-bond donors (Lipinski definition) is 1. The lowest BCUT2D eigenvalue weighted by molar-refractivity contribution is -0.129. The van der Waals surface area contributed by atoms with Crippen LogP contribution in [-0.4, -0.2) is 25.0 Å². The minimum absolute atomic E-state index is 0.0493. The SMILES string of the molecule is O=C1CC(c2ccco2)=NN1Cc1ccc(Cl)cc1NS(=O)(=O)c1ccc(Cl)cc1. The number of nitrogens with zero attached hydrogens (tertiary/aromatic N) is 2. The van der Waals surface area contributed by atoms with Crippen molar-refractivity contribution in [3.63, 3.8) is 0 Å². The Morgan fingerprint density at radius 1 is 1.07 bits per heavy atom. The lowest BCUT2D eigenvalue weighted by Crippen LogP contribution is -2.22. The molecule has 0 atom stereocenters. The molecule has 0 fully saturated rings. The zero-order valence-electron chi connectivity index (χ0n) is 15.4. The minimum atomic E-state index is -3.88. The van der Waals surface area contributed by atoms with E-state index in [2.05, 4.69) is 9.82 Å². The van der Waals surface area contributed by atoms with Gasteiger partial charge in [0.1, 0.15) is 11.5 Å². The Bertz CT molecular complexity index is 1220. The van der Waals surface area contributed by atoms with Crippen molar-refractivity contribution in [1.82, 2.24) is 5.01 Å². The van der Waals surface area contributed by atoms with Gasteiger partial charge < -0.3 is 4.42 Å². The Kier molecular flexibility index (Phi) is 5.55. The van der Waals surface area contributed by atoms with Gasteiger partial charge in [0.2, 0.25) is 5.91 Å². The maximum Gasteiger partial charge on any atom is 0.261 e. The molecule has 0 aliphatic carbocycles. The Balaban J connectivity index is 1.61. The van der Waals surface area contributed by atoms with Gasteiger partial charge in [-0.2, -0.15) is 5.10 Å². The van der Waals surface area contributed by atoms with E-state index in [1.807, 2.05) is 0 Å². The number of anilines is 1. The van der Waals surface area contributed by atoms with E-state index in [-0.39, 0.29) is 29.5 Å². The number of nitrogens with one attached hydrogen (secondary N) is 1. The van der Waals surface area contributed by atoms with Gasteiger partial charge in [-0.25, -0.2) is 13.4 Å². The Labute approximate surface area is 182 Å². The number of carbonyl (C=O) groups is 1. The molecule has 1 amide bonds. The summed E-state index contributed by atoms with van der Waals surface area (Å²) in [6, 6.07) is 14.0. The molecule has 0 spiro atoms. The molecule has 2 aromatic carbocycles. The quantitative estimate of drug-likeness (QED) is 0.581. The highest BCUT2D eigenvalue weighted by atomic mass is 35.5. The van der Waals surface area contributed by atoms with Gasteiger partial charge in [0.15, 0.2) is 0 Å². The van der Waals surface area contributed by atoms with Crippen molar-refractivity contribution in [2.24, 2.45) is 5.10 Å². The Morgan fingerprint density at radius 3 is 2.50 bits per heavy atom. The van der Waals surface area contributed by atoms with Gasteiger partial charge in [-0.05, 0) is 54.1 Å². The monoisotopic (exact) mass is 463 g/mol. The molecule has 154 valence electrons. The van der Waals surface area contributed by atoms with Gasteiger partial charge >= 0.3 is 0 Å². The smallest absolute Gasteiger partial charge is 0.261 e. The second kappa shape index (κ2) is 8.14. The van der Waals surface area contributed by atoms with Crippen LogP contribution in [0.4, 0.5) is 5.69 Å². The van der Waals surface area contributed by atoms with Crippen LogP contribution in [0, 0.1) is 0 Å². The molecule has 1 aliphatic rings. The van der Waals surface area contributed by atoms with Crippen LogP contribution < -0.4 is 4.72 Å². The van der Waals surface area contributed by atoms with Gasteiger partial charge in [-0.15, -0.1) is 0 Å². The number of rotatable bonds is 6. The highest BCUT2D eigenvalue weighted by Crippen LogP contribution is 2.27. The van der Waals surface area contributed by atoms with E-state index in [1.54, 1.807) is 24.3 Å². The van der Waals surface area contributed by atoms with Crippen molar-refractivity contribution < 1.29 is 17.6 Å². The average molecular weight is 464 g/mol. The number of hydrogen-bond acceptors (Lipinski definition) is 5. The van der Waals surface area contributed by atoms with Crippen molar-refractivity contribution in [2.45, 2.75) is 17.9 Å². The molecule has 0 saturated heterocycles. The topological polar surface area (TPSA) is 92.0 Å². The summed E-state index contributed by atoms with van der Waals surface area (Å²) in [5, 5.41) is 6.37. The lowest BCUT2D eigenvalue weighted by Gasteiger charge is -2.17. The molecule has 0 saturated carbocycles. The van der Waals surface area contributed by atoms with E-state index in [4.69, 9.17) is 27.6 Å². The molecule has 0 bridgehead atoms. The van der Waals surface area contributed by atoms with Gasteiger partial charge in [-0.3, -0.25) is 9.52 Å². The molecule has 0 unspecified atom stereocenters. The molecule has 7 nitrogen and oxygen atoms in total. The molecular formula is C20H15Cl2N3O4S. The summed E-state index contributed by atoms with van der Waals surface area (Å²) < 4.78 is 33.4. The van der Waals surface area contributed by atoms with Crippen LogP contribution in [0.3, 0.4) is 0 Å². The fourth-order valence-corrected chi connectivity index (χ4v) is 4.32. The molecule has 30 heavy (non-hydrogen) atoms. The van der Waals surface area contributed by atoms with Crippen LogP contribution in [0.2, 0.25) is 10.0 Å². The van der Waals surface area contributed by atoms with Crippen LogP contribution >= 0.6 is 23.2 Å². The van der Waals surface area contributed by atoms with Crippen LogP contribution in [0.25, 0.3) is 0 Å². The predicted molar refractivity (Wildman–Crippen MR) is 114 cm³/mol. The summed E-state index contributed by atoms with van der Waals surface area (Å²) in [6.07, 6.45) is 1.61. The van der Waals surface area contributed by atoms with Gasteiger partial charge in [-0.1, -0.05) is 29.3 Å². The fraction of sp³-hybridized carbons (Fsp3) is 0.100. The van der Waals surface area contributed by atoms with E-state index >= 15 is 0 Å². The Morgan fingerprint density at radius 2 is 1.80 bits per heavy atom. The summed E-state index contributed by atoms with van der Waals surface area (Å²) in [7, 11) is -3.88. The first-order chi connectivity index (χ1) is 14.3. The van der Waals surface area contributed by atoms with E-state index in [0.717, 1.165) is 0 Å². The van der Waals surface area contributed by atoms with Crippen molar-refractivity contribution >= 4 is 50.5 Å². The average Bonchev–Trinajstić information content (AvgIpc) is 3.34. The number of hydrazone groups is 1. The third-order valence-corrected chi connectivity index (χ3v) is 6.28. The van der Waals surface area contributed by atoms with Crippen molar-refractivity contribution in [2.75, 3.05) is 4.72 Å². The van der Waals surface area contributed by atoms with Crippen LogP contribution in [0.15, 0.2) is 75.3 Å². The molecular weight excluding hydrogens is 449 g/mol. The maximum absolute atomic E-state index is 12.8. The number of amides is 1. The Hall–Kier alpha value is -2.81. The van der Waals surface area contributed by atoms with Crippen LogP contribution in [-0.2, 0) is 21.4 Å². The van der Waals surface area contributed by atoms with Crippen molar-refractivity contribution in [3.05, 3.63) is 82.2 Å². The zero-order chi connectivity index (χ0) is 21.3. The normalized spacial score (nSPS) is 14.1. The lowest BCUT2D eigenvalue weighted by atomic mass is 10.1. The number of benzene rings is 2. The predicted octanol–water partition coefficient (Wildman–Crippen LogP) is 4.52. The standard InChI is InChI=1S/C20H15Cl2N3O4S/c21-14-5-7-16(8-6-14)30(27,28)24-17-10-15(22)4-3-13(17)12-25-20(26)11-18(23-25)19-2-1-9-29-19/h1-10,24H,11-12H2.